The van der Waals surface area contributed by atoms with Gasteiger partial charge in [-0.2, -0.15) is 9.78 Å². The highest BCUT2D eigenvalue weighted by atomic mass is 35.5. The Morgan fingerprint density at radius 1 is 1.09 bits per heavy atom. The van der Waals surface area contributed by atoms with Gasteiger partial charge in [-0.1, -0.05) is 42.3 Å². The Balaban J connectivity index is 1.69. The van der Waals surface area contributed by atoms with E-state index in [9.17, 15) is 4.79 Å². The van der Waals surface area contributed by atoms with Crippen molar-refractivity contribution in [3.05, 3.63) is 92.7 Å². The number of furan rings is 1. The minimum absolute atomic E-state index is 0.00585. The van der Waals surface area contributed by atoms with E-state index in [0.29, 0.717) is 43.6 Å². The van der Waals surface area contributed by atoms with Gasteiger partial charge in [-0.25, -0.2) is 4.98 Å². The summed E-state index contributed by atoms with van der Waals surface area (Å²) in [7, 11) is 0. The SMILES string of the molecule is CC[C@@H](C)Oc1ccc(Cl)cc1C=Nn1c(-c2cc3cc(Cl)ccc3o2)nc2ccccc2c1=O. The zero-order valence-electron chi connectivity index (χ0n) is 19.0. The molecule has 0 saturated carbocycles. The smallest absolute Gasteiger partial charge is 0.282 e. The van der Waals surface area contributed by atoms with Gasteiger partial charge in [0.25, 0.3) is 5.56 Å². The molecule has 176 valence electrons. The van der Waals surface area contributed by atoms with Crippen LogP contribution in [0.1, 0.15) is 25.8 Å². The lowest BCUT2D eigenvalue weighted by Crippen LogP contribution is -2.20. The van der Waals surface area contributed by atoms with E-state index in [2.05, 4.69) is 5.10 Å². The van der Waals surface area contributed by atoms with Gasteiger partial charge in [0, 0.05) is 21.0 Å². The molecule has 0 saturated heterocycles. The number of hydrogen-bond donors (Lipinski definition) is 0. The van der Waals surface area contributed by atoms with Crippen LogP contribution in [-0.2, 0) is 0 Å². The minimum atomic E-state index is -0.327. The zero-order valence-corrected chi connectivity index (χ0v) is 20.5. The molecule has 6 nitrogen and oxygen atoms in total. The van der Waals surface area contributed by atoms with Crippen molar-refractivity contribution in [3.8, 4) is 17.3 Å². The van der Waals surface area contributed by atoms with Crippen LogP contribution in [0.4, 0.5) is 0 Å². The number of fused-ring (bicyclic) bond motifs is 2. The number of nitrogens with zero attached hydrogens (tertiary/aromatic N) is 3. The summed E-state index contributed by atoms with van der Waals surface area (Å²) in [6.45, 7) is 4.03. The maximum Gasteiger partial charge on any atom is 0.282 e. The summed E-state index contributed by atoms with van der Waals surface area (Å²) in [5.74, 6) is 1.28. The highest BCUT2D eigenvalue weighted by Gasteiger charge is 2.17. The molecule has 2 heterocycles. The molecule has 0 N–H and O–H groups in total. The standard InChI is InChI=1S/C27H21Cl2N3O3/c1-3-16(2)34-24-11-9-20(29)13-18(24)15-30-32-26(31-22-7-5-4-6-21(22)27(32)33)25-14-17-12-19(28)8-10-23(17)35-25/h4-16H,3H2,1-2H3/t16-/m1/s1. The normalized spacial score (nSPS) is 12.6. The van der Waals surface area contributed by atoms with Crippen molar-refractivity contribution in [1.29, 1.82) is 0 Å². The maximum absolute atomic E-state index is 13.5. The Hall–Kier alpha value is -3.61. The van der Waals surface area contributed by atoms with Crippen molar-refractivity contribution >= 4 is 51.3 Å². The summed E-state index contributed by atoms with van der Waals surface area (Å²) in [5.41, 5.74) is 1.48. The summed E-state index contributed by atoms with van der Waals surface area (Å²) >= 11 is 12.4. The third kappa shape index (κ3) is 4.67. The molecule has 5 rings (SSSR count). The fraction of sp³-hybridized carbons (Fsp3) is 0.148. The van der Waals surface area contributed by atoms with Gasteiger partial charge in [0.2, 0.25) is 5.82 Å². The van der Waals surface area contributed by atoms with Crippen LogP contribution in [0.15, 0.2) is 81.0 Å². The summed E-state index contributed by atoms with van der Waals surface area (Å²) < 4.78 is 13.3. The van der Waals surface area contributed by atoms with E-state index in [1.807, 2.05) is 19.9 Å². The number of halogens is 2. The summed E-state index contributed by atoms with van der Waals surface area (Å²) in [6.07, 6.45) is 2.39. The summed E-state index contributed by atoms with van der Waals surface area (Å²) in [5, 5.41) is 6.87. The molecule has 0 aliphatic rings. The van der Waals surface area contributed by atoms with Crippen molar-refractivity contribution in [2.45, 2.75) is 26.4 Å². The lowest BCUT2D eigenvalue weighted by Gasteiger charge is -2.15. The molecule has 0 amide bonds. The lowest BCUT2D eigenvalue weighted by atomic mass is 10.2. The van der Waals surface area contributed by atoms with Crippen molar-refractivity contribution in [3.63, 3.8) is 0 Å². The number of hydrogen-bond acceptors (Lipinski definition) is 5. The fourth-order valence-corrected chi connectivity index (χ4v) is 4.02. The third-order valence-corrected chi connectivity index (χ3v) is 6.11. The Labute approximate surface area is 211 Å². The average molecular weight is 506 g/mol. The molecular weight excluding hydrogens is 485 g/mol. The molecule has 0 fully saturated rings. The van der Waals surface area contributed by atoms with E-state index in [-0.39, 0.29) is 17.5 Å². The minimum Gasteiger partial charge on any atom is -0.490 e. The van der Waals surface area contributed by atoms with Gasteiger partial charge < -0.3 is 9.15 Å². The molecule has 8 heteroatoms. The number of ether oxygens (including phenoxy) is 1. The Morgan fingerprint density at radius 3 is 2.69 bits per heavy atom. The molecule has 35 heavy (non-hydrogen) atoms. The van der Waals surface area contributed by atoms with Crippen LogP contribution in [0.25, 0.3) is 33.5 Å². The van der Waals surface area contributed by atoms with Gasteiger partial charge in [-0.05, 0) is 67.9 Å². The van der Waals surface area contributed by atoms with Crippen molar-refractivity contribution < 1.29 is 9.15 Å². The van der Waals surface area contributed by atoms with Gasteiger partial charge in [0.1, 0.15) is 11.3 Å². The first-order valence-electron chi connectivity index (χ1n) is 11.1. The summed E-state index contributed by atoms with van der Waals surface area (Å²) in [4.78, 5) is 18.2. The van der Waals surface area contributed by atoms with E-state index in [1.54, 1.807) is 66.9 Å². The molecule has 0 radical (unpaired) electrons. The predicted octanol–water partition coefficient (Wildman–Crippen LogP) is 7.18. The first-order valence-corrected chi connectivity index (χ1v) is 11.9. The fourth-order valence-electron chi connectivity index (χ4n) is 3.66. The molecule has 5 aromatic rings. The average Bonchev–Trinajstić information content (AvgIpc) is 3.27. The highest BCUT2D eigenvalue weighted by Crippen LogP contribution is 2.29. The molecule has 0 spiro atoms. The van der Waals surface area contributed by atoms with Crippen LogP contribution in [0.3, 0.4) is 0 Å². The topological polar surface area (TPSA) is 69.6 Å². The highest BCUT2D eigenvalue weighted by molar-refractivity contribution is 6.31. The third-order valence-electron chi connectivity index (χ3n) is 5.64. The Bertz CT molecular complexity index is 1640. The lowest BCUT2D eigenvalue weighted by molar-refractivity contribution is 0.217. The van der Waals surface area contributed by atoms with Crippen LogP contribution in [0, 0.1) is 0 Å². The van der Waals surface area contributed by atoms with Crippen molar-refractivity contribution in [2.75, 3.05) is 0 Å². The molecule has 1 atom stereocenters. The second kappa shape index (κ2) is 9.56. The van der Waals surface area contributed by atoms with Gasteiger partial charge in [0.05, 0.1) is 23.2 Å². The number of para-hydroxylation sites is 1. The number of rotatable bonds is 6. The quantitative estimate of drug-likeness (QED) is 0.229. The van der Waals surface area contributed by atoms with E-state index >= 15 is 0 Å². The molecule has 0 bridgehead atoms. The van der Waals surface area contributed by atoms with Crippen LogP contribution in [0.2, 0.25) is 10.0 Å². The molecule has 0 aliphatic heterocycles. The molecule has 0 unspecified atom stereocenters. The van der Waals surface area contributed by atoms with E-state index in [4.69, 9.17) is 37.3 Å². The summed E-state index contributed by atoms with van der Waals surface area (Å²) in [6, 6.07) is 19.5. The second-order valence-electron chi connectivity index (χ2n) is 8.13. The first kappa shape index (κ1) is 23.1. The number of aromatic nitrogens is 2. The van der Waals surface area contributed by atoms with Crippen LogP contribution >= 0.6 is 23.2 Å². The predicted molar refractivity (Wildman–Crippen MR) is 141 cm³/mol. The van der Waals surface area contributed by atoms with Crippen molar-refractivity contribution in [1.82, 2.24) is 9.66 Å². The first-order chi connectivity index (χ1) is 16.9. The Kier molecular flexibility index (Phi) is 6.32. The molecule has 2 aromatic heterocycles. The maximum atomic E-state index is 13.5. The zero-order chi connectivity index (χ0) is 24.5. The molecule has 3 aromatic carbocycles. The van der Waals surface area contributed by atoms with E-state index in [1.165, 1.54) is 4.68 Å². The van der Waals surface area contributed by atoms with Gasteiger partial charge in [0.15, 0.2) is 5.76 Å². The van der Waals surface area contributed by atoms with Gasteiger partial charge in [-0.15, -0.1) is 0 Å². The van der Waals surface area contributed by atoms with Crippen LogP contribution in [0.5, 0.6) is 5.75 Å². The Morgan fingerprint density at radius 2 is 1.86 bits per heavy atom. The molecular formula is C27H21Cl2N3O3. The van der Waals surface area contributed by atoms with Gasteiger partial charge in [-0.3, -0.25) is 4.79 Å². The van der Waals surface area contributed by atoms with E-state index in [0.717, 1.165) is 11.8 Å². The van der Waals surface area contributed by atoms with E-state index < -0.39 is 0 Å². The van der Waals surface area contributed by atoms with Crippen LogP contribution < -0.4 is 10.3 Å². The largest absolute Gasteiger partial charge is 0.490 e. The van der Waals surface area contributed by atoms with Crippen molar-refractivity contribution in [2.24, 2.45) is 5.10 Å². The monoisotopic (exact) mass is 505 g/mol. The molecule has 0 aliphatic carbocycles. The van der Waals surface area contributed by atoms with Crippen LogP contribution in [-0.4, -0.2) is 22.0 Å². The number of benzene rings is 3. The second-order valence-corrected chi connectivity index (χ2v) is 9.00. The van der Waals surface area contributed by atoms with Gasteiger partial charge >= 0.3 is 0 Å².